The quantitative estimate of drug-likeness (QED) is 0.850. The van der Waals surface area contributed by atoms with Crippen molar-refractivity contribution >= 4 is 17.5 Å². The topological polar surface area (TPSA) is 55.6 Å². The lowest BCUT2D eigenvalue weighted by Crippen LogP contribution is -2.46. The minimum Gasteiger partial charge on any atom is -0.374 e. The van der Waals surface area contributed by atoms with Gasteiger partial charge in [0.1, 0.15) is 5.78 Å². The number of nitrogens with two attached hydrogens (primary N) is 1. The van der Waals surface area contributed by atoms with Crippen molar-refractivity contribution in [3.63, 3.8) is 0 Å². The van der Waals surface area contributed by atoms with Crippen LogP contribution in [0.15, 0.2) is 0 Å². The molecule has 20 heavy (non-hydrogen) atoms. The molecule has 0 radical (unpaired) electrons. The van der Waals surface area contributed by atoms with Crippen LogP contribution in [0.3, 0.4) is 0 Å². The summed E-state index contributed by atoms with van der Waals surface area (Å²) in [7, 11) is 0. The molecule has 0 saturated carbocycles. The van der Waals surface area contributed by atoms with E-state index in [2.05, 4.69) is 4.90 Å². The van der Waals surface area contributed by atoms with Gasteiger partial charge in [0.15, 0.2) is 0 Å². The fraction of sp³-hybridized carbons (Fsp3) is 0.933. The van der Waals surface area contributed by atoms with E-state index in [-0.39, 0.29) is 11.5 Å². The van der Waals surface area contributed by atoms with E-state index >= 15 is 0 Å². The Labute approximate surface area is 125 Å². The van der Waals surface area contributed by atoms with Crippen LogP contribution in [-0.4, -0.2) is 60.1 Å². The maximum atomic E-state index is 12.6. The lowest BCUT2D eigenvalue weighted by atomic mass is 9.83. The molecule has 3 fully saturated rings. The van der Waals surface area contributed by atoms with Crippen LogP contribution in [0.25, 0.3) is 0 Å². The summed E-state index contributed by atoms with van der Waals surface area (Å²) in [4.78, 5) is 14.8. The minimum atomic E-state index is 0.0213. The second kappa shape index (κ2) is 6.34. The first-order valence-electron chi connectivity index (χ1n) is 7.89. The molecular weight excluding hydrogens is 272 g/mol. The first-order chi connectivity index (χ1) is 9.67. The van der Waals surface area contributed by atoms with Crippen LogP contribution < -0.4 is 5.73 Å². The first-order valence-corrected chi connectivity index (χ1v) is 9.05. The summed E-state index contributed by atoms with van der Waals surface area (Å²) in [5.74, 6) is 2.92. The minimum absolute atomic E-state index is 0.0213. The van der Waals surface area contributed by atoms with Gasteiger partial charge in [-0.3, -0.25) is 9.69 Å². The molecule has 2 N–H and O–H groups in total. The highest BCUT2D eigenvalue weighted by molar-refractivity contribution is 7.99. The second-order valence-electron chi connectivity index (χ2n) is 6.60. The van der Waals surface area contributed by atoms with Crippen molar-refractivity contribution in [3.05, 3.63) is 0 Å². The summed E-state index contributed by atoms with van der Waals surface area (Å²) >= 11 is 1.97. The highest BCUT2D eigenvalue weighted by atomic mass is 32.2. The predicted octanol–water partition coefficient (Wildman–Crippen LogP) is 1.28. The molecule has 0 aromatic rings. The number of carbonyl (C=O) groups excluding carboxylic acids is 1. The summed E-state index contributed by atoms with van der Waals surface area (Å²) in [6, 6.07) is 0.336. The Balaban J connectivity index is 1.51. The summed E-state index contributed by atoms with van der Waals surface area (Å²) in [6.07, 6.45) is 5.05. The number of piperidine rings is 1. The smallest absolute Gasteiger partial charge is 0.150 e. The van der Waals surface area contributed by atoms with Gasteiger partial charge in [0.25, 0.3) is 0 Å². The summed E-state index contributed by atoms with van der Waals surface area (Å²) < 4.78 is 6.01. The SMILES string of the molecule is NC1CCN(CC(=O)C2CCOC3(CCSC3)C2)CC1. The lowest BCUT2D eigenvalue weighted by molar-refractivity contribution is -0.135. The normalized spacial score (nSPS) is 36.5. The Morgan fingerprint density at radius 2 is 2.15 bits per heavy atom. The van der Waals surface area contributed by atoms with Crippen LogP contribution in [0.1, 0.15) is 32.1 Å². The van der Waals surface area contributed by atoms with Gasteiger partial charge in [0, 0.05) is 37.4 Å². The Hall–Kier alpha value is -0.100. The number of likely N-dealkylation sites (tertiary alicyclic amines) is 1. The van der Waals surface area contributed by atoms with Gasteiger partial charge >= 0.3 is 0 Å². The Kier molecular flexibility index (Phi) is 4.70. The van der Waals surface area contributed by atoms with Crippen LogP contribution in [-0.2, 0) is 9.53 Å². The molecule has 0 aliphatic carbocycles. The van der Waals surface area contributed by atoms with E-state index in [1.54, 1.807) is 0 Å². The number of rotatable bonds is 3. The number of hydrogen-bond donors (Lipinski definition) is 1. The monoisotopic (exact) mass is 298 g/mol. The summed E-state index contributed by atoms with van der Waals surface area (Å²) in [5.41, 5.74) is 5.94. The average Bonchev–Trinajstić information content (AvgIpc) is 2.89. The average molecular weight is 298 g/mol. The highest BCUT2D eigenvalue weighted by Gasteiger charge is 2.42. The van der Waals surface area contributed by atoms with Crippen molar-refractivity contribution in [3.8, 4) is 0 Å². The Bertz CT molecular complexity index is 350. The molecule has 1 spiro atoms. The Morgan fingerprint density at radius 3 is 2.85 bits per heavy atom. The number of Topliss-reactive ketones (excluding diaryl/α,β-unsaturated/α-hetero) is 1. The van der Waals surface area contributed by atoms with Gasteiger partial charge in [0.05, 0.1) is 12.1 Å². The molecule has 3 aliphatic heterocycles. The van der Waals surface area contributed by atoms with Gasteiger partial charge < -0.3 is 10.5 Å². The molecule has 4 nitrogen and oxygen atoms in total. The maximum absolute atomic E-state index is 12.6. The predicted molar refractivity (Wildman–Crippen MR) is 82.0 cm³/mol. The highest BCUT2D eigenvalue weighted by Crippen LogP contribution is 2.40. The van der Waals surface area contributed by atoms with Crippen molar-refractivity contribution in [1.29, 1.82) is 0 Å². The largest absolute Gasteiger partial charge is 0.374 e. The van der Waals surface area contributed by atoms with E-state index < -0.39 is 0 Å². The van der Waals surface area contributed by atoms with Crippen LogP contribution in [0.5, 0.6) is 0 Å². The first kappa shape index (κ1) is 14.8. The van der Waals surface area contributed by atoms with Gasteiger partial charge in [-0.15, -0.1) is 0 Å². The second-order valence-corrected chi connectivity index (χ2v) is 7.71. The van der Waals surface area contributed by atoms with Crippen LogP contribution in [0.2, 0.25) is 0 Å². The number of ketones is 1. The van der Waals surface area contributed by atoms with Gasteiger partial charge in [-0.2, -0.15) is 11.8 Å². The molecule has 114 valence electrons. The van der Waals surface area contributed by atoms with Crippen molar-refractivity contribution in [2.24, 2.45) is 11.7 Å². The van der Waals surface area contributed by atoms with Crippen LogP contribution in [0.4, 0.5) is 0 Å². The molecule has 3 rings (SSSR count). The zero-order valence-corrected chi connectivity index (χ0v) is 13.0. The molecule has 0 amide bonds. The van der Waals surface area contributed by atoms with Crippen LogP contribution in [0, 0.1) is 5.92 Å². The van der Waals surface area contributed by atoms with E-state index in [0.717, 1.165) is 57.6 Å². The molecule has 3 aliphatic rings. The number of carbonyl (C=O) groups is 1. The zero-order chi connectivity index (χ0) is 14.0. The zero-order valence-electron chi connectivity index (χ0n) is 12.2. The standard InChI is InChI=1S/C15H26N2O2S/c16-13-1-5-17(6-2-13)10-14(18)12-3-7-19-15(9-12)4-8-20-11-15/h12-13H,1-11,16H2. The third-order valence-corrected chi connectivity index (χ3v) is 6.25. The molecule has 2 unspecified atom stereocenters. The molecule has 3 heterocycles. The molecule has 0 bridgehead atoms. The molecule has 0 aromatic heterocycles. The van der Waals surface area contributed by atoms with E-state index in [0.29, 0.717) is 18.4 Å². The van der Waals surface area contributed by atoms with Gasteiger partial charge in [0.2, 0.25) is 0 Å². The lowest BCUT2D eigenvalue weighted by Gasteiger charge is -2.38. The third kappa shape index (κ3) is 3.38. The fourth-order valence-electron chi connectivity index (χ4n) is 3.63. The Morgan fingerprint density at radius 1 is 1.35 bits per heavy atom. The number of nitrogens with zero attached hydrogens (tertiary/aromatic N) is 1. The van der Waals surface area contributed by atoms with E-state index in [1.165, 1.54) is 5.75 Å². The molecule has 0 aromatic carbocycles. The van der Waals surface area contributed by atoms with Crippen molar-refractivity contribution in [2.75, 3.05) is 37.7 Å². The van der Waals surface area contributed by atoms with Gasteiger partial charge in [-0.25, -0.2) is 0 Å². The van der Waals surface area contributed by atoms with Crippen molar-refractivity contribution in [2.45, 2.75) is 43.7 Å². The molecule has 2 atom stereocenters. The molecular formula is C15H26N2O2S. The van der Waals surface area contributed by atoms with Crippen molar-refractivity contribution in [1.82, 2.24) is 4.90 Å². The summed E-state index contributed by atoms with van der Waals surface area (Å²) in [6.45, 7) is 3.36. The molecule has 5 heteroatoms. The van der Waals surface area contributed by atoms with Gasteiger partial charge in [-0.05, 0) is 37.9 Å². The number of hydrogen-bond acceptors (Lipinski definition) is 5. The number of thioether (sulfide) groups is 1. The maximum Gasteiger partial charge on any atom is 0.150 e. The fourth-order valence-corrected chi connectivity index (χ4v) is 5.00. The van der Waals surface area contributed by atoms with Crippen LogP contribution >= 0.6 is 11.8 Å². The molecule has 3 saturated heterocycles. The van der Waals surface area contributed by atoms with Gasteiger partial charge in [-0.1, -0.05) is 0 Å². The summed E-state index contributed by atoms with van der Waals surface area (Å²) in [5, 5.41) is 0. The van der Waals surface area contributed by atoms with E-state index in [1.807, 2.05) is 11.8 Å². The van der Waals surface area contributed by atoms with E-state index in [9.17, 15) is 4.79 Å². The third-order valence-electron chi connectivity index (χ3n) is 5.03. The van der Waals surface area contributed by atoms with Crippen molar-refractivity contribution < 1.29 is 9.53 Å². The van der Waals surface area contributed by atoms with E-state index in [4.69, 9.17) is 10.5 Å². The number of ether oxygens (including phenoxy) is 1.